The summed E-state index contributed by atoms with van der Waals surface area (Å²) in [5.41, 5.74) is 3.07. The molecule has 0 atom stereocenters. The van der Waals surface area contributed by atoms with E-state index in [1.165, 1.54) is 0 Å². The van der Waals surface area contributed by atoms with Crippen molar-refractivity contribution in [1.82, 2.24) is 9.97 Å². The Morgan fingerprint density at radius 2 is 1.81 bits per heavy atom. The molecule has 0 N–H and O–H groups in total. The highest BCUT2D eigenvalue weighted by Gasteiger charge is 2.15. The van der Waals surface area contributed by atoms with Gasteiger partial charge in [-0.05, 0) is 51.3 Å². The summed E-state index contributed by atoms with van der Waals surface area (Å²) in [6.45, 7) is 6.91. The molecule has 0 fully saturated rings. The van der Waals surface area contributed by atoms with Crippen LogP contribution in [0.15, 0.2) is 29.2 Å². The number of aromatic nitrogens is 2. The lowest BCUT2D eigenvalue weighted by molar-refractivity contribution is 0.413. The number of hydrogen-bond donors (Lipinski definition) is 0. The molecule has 0 saturated carbocycles. The number of nitrogens with zero attached hydrogens (tertiary/aromatic N) is 3. The molecule has 0 unspecified atom stereocenters. The van der Waals surface area contributed by atoms with E-state index < -0.39 is 0 Å². The molecule has 21 heavy (non-hydrogen) atoms. The van der Waals surface area contributed by atoms with Gasteiger partial charge in [0.1, 0.15) is 5.75 Å². The maximum absolute atomic E-state index is 5.31. The predicted molar refractivity (Wildman–Crippen MR) is 89.0 cm³/mol. The van der Waals surface area contributed by atoms with Gasteiger partial charge in [0, 0.05) is 22.8 Å². The number of benzene rings is 1. The lowest BCUT2D eigenvalue weighted by Crippen LogP contribution is -2.20. The fourth-order valence-electron chi connectivity index (χ4n) is 2.26. The zero-order valence-corrected chi connectivity index (χ0v) is 14.0. The van der Waals surface area contributed by atoms with Gasteiger partial charge in [-0.25, -0.2) is 9.97 Å². The van der Waals surface area contributed by atoms with Gasteiger partial charge in [-0.2, -0.15) is 0 Å². The third-order valence-electron chi connectivity index (χ3n) is 3.21. The Bertz CT molecular complexity index is 611. The topological polar surface area (TPSA) is 38.2 Å². The van der Waals surface area contributed by atoms with Crippen LogP contribution in [0.3, 0.4) is 0 Å². The van der Waals surface area contributed by atoms with Gasteiger partial charge < -0.3 is 9.64 Å². The van der Waals surface area contributed by atoms with Gasteiger partial charge >= 0.3 is 0 Å². The van der Waals surface area contributed by atoms with Crippen LogP contribution in [0.2, 0.25) is 0 Å². The summed E-state index contributed by atoms with van der Waals surface area (Å²) < 4.78 is 5.31. The summed E-state index contributed by atoms with van der Waals surface area (Å²) in [6.07, 6.45) is 2.06. The SMILES string of the molecule is CCN(c1nc(C)cc(C)n1)c1ccc(OC)cc1SC. The van der Waals surface area contributed by atoms with Crippen LogP contribution in [0, 0.1) is 13.8 Å². The Hall–Kier alpha value is -1.75. The summed E-state index contributed by atoms with van der Waals surface area (Å²) in [5, 5.41) is 0. The monoisotopic (exact) mass is 303 g/mol. The second kappa shape index (κ2) is 6.80. The molecule has 0 radical (unpaired) electrons. The summed E-state index contributed by atoms with van der Waals surface area (Å²) in [7, 11) is 1.68. The van der Waals surface area contributed by atoms with Gasteiger partial charge in [-0.1, -0.05) is 0 Å². The van der Waals surface area contributed by atoms with E-state index in [0.29, 0.717) is 0 Å². The predicted octanol–water partition coefficient (Wildman–Crippen LogP) is 3.98. The maximum atomic E-state index is 5.31. The molecule has 112 valence electrons. The number of ether oxygens (including phenoxy) is 1. The van der Waals surface area contributed by atoms with Gasteiger partial charge in [-0.15, -0.1) is 11.8 Å². The molecule has 4 nitrogen and oxygen atoms in total. The molecule has 1 aromatic carbocycles. The summed E-state index contributed by atoms with van der Waals surface area (Å²) in [6, 6.07) is 8.07. The molecule has 0 aliphatic heterocycles. The Morgan fingerprint density at radius 3 is 2.33 bits per heavy atom. The van der Waals surface area contributed by atoms with Crippen LogP contribution >= 0.6 is 11.8 Å². The summed E-state index contributed by atoms with van der Waals surface area (Å²) in [4.78, 5) is 12.4. The minimum absolute atomic E-state index is 0.746. The van der Waals surface area contributed by atoms with E-state index in [0.717, 1.165) is 40.2 Å². The minimum atomic E-state index is 0.746. The molecule has 5 heteroatoms. The molecule has 2 rings (SSSR count). The average molecular weight is 303 g/mol. The van der Waals surface area contributed by atoms with Crippen LogP contribution in [0.1, 0.15) is 18.3 Å². The molecule has 0 aliphatic rings. The average Bonchev–Trinajstić information content (AvgIpc) is 2.47. The highest BCUT2D eigenvalue weighted by Crippen LogP contribution is 2.35. The number of rotatable bonds is 5. The Labute approximate surface area is 130 Å². The van der Waals surface area contributed by atoms with Crippen LogP contribution in [0.5, 0.6) is 5.75 Å². The van der Waals surface area contributed by atoms with Crippen molar-refractivity contribution in [2.45, 2.75) is 25.7 Å². The summed E-state index contributed by atoms with van der Waals surface area (Å²) >= 11 is 1.69. The Balaban J connectivity index is 2.50. The second-order valence-electron chi connectivity index (χ2n) is 4.73. The molecule has 0 bridgehead atoms. The third-order valence-corrected chi connectivity index (χ3v) is 3.97. The fraction of sp³-hybridized carbons (Fsp3) is 0.375. The van der Waals surface area contributed by atoms with E-state index in [1.54, 1.807) is 18.9 Å². The number of hydrogen-bond acceptors (Lipinski definition) is 5. The quantitative estimate of drug-likeness (QED) is 0.781. The first-order valence-electron chi connectivity index (χ1n) is 6.91. The van der Waals surface area contributed by atoms with Gasteiger partial charge in [0.2, 0.25) is 5.95 Å². The van der Waals surface area contributed by atoms with Gasteiger partial charge in [-0.3, -0.25) is 0 Å². The molecular formula is C16H21N3OS. The van der Waals surface area contributed by atoms with Crippen molar-refractivity contribution in [3.63, 3.8) is 0 Å². The Kier molecular flexibility index (Phi) is 5.07. The zero-order chi connectivity index (χ0) is 15.4. The molecule has 1 heterocycles. The zero-order valence-electron chi connectivity index (χ0n) is 13.2. The standard InChI is InChI=1S/C16H21N3OS/c1-6-19(16-17-11(2)9-12(3)18-16)14-8-7-13(20-4)10-15(14)21-5/h7-10H,6H2,1-5H3. The van der Waals surface area contributed by atoms with E-state index in [2.05, 4.69) is 34.1 Å². The first kappa shape index (κ1) is 15.6. The minimum Gasteiger partial charge on any atom is -0.497 e. The van der Waals surface area contributed by atoms with Crippen molar-refractivity contribution in [2.24, 2.45) is 0 Å². The maximum Gasteiger partial charge on any atom is 0.230 e. The van der Waals surface area contributed by atoms with Crippen molar-refractivity contribution in [2.75, 3.05) is 24.8 Å². The first-order chi connectivity index (χ1) is 10.1. The van der Waals surface area contributed by atoms with Gasteiger partial charge in [0.05, 0.1) is 12.8 Å². The highest BCUT2D eigenvalue weighted by atomic mass is 32.2. The van der Waals surface area contributed by atoms with Crippen molar-refractivity contribution in [3.05, 3.63) is 35.7 Å². The number of methoxy groups -OCH3 is 1. The largest absolute Gasteiger partial charge is 0.497 e. The molecule has 0 saturated heterocycles. The molecule has 2 aromatic rings. The number of anilines is 2. The van der Waals surface area contributed by atoms with E-state index in [9.17, 15) is 0 Å². The lowest BCUT2D eigenvalue weighted by atomic mass is 10.2. The normalized spacial score (nSPS) is 10.5. The van der Waals surface area contributed by atoms with E-state index in [4.69, 9.17) is 4.74 Å². The molecule has 0 aliphatic carbocycles. The van der Waals surface area contributed by atoms with E-state index in [1.807, 2.05) is 32.0 Å². The Morgan fingerprint density at radius 1 is 1.14 bits per heavy atom. The third kappa shape index (κ3) is 3.47. The lowest BCUT2D eigenvalue weighted by Gasteiger charge is -2.24. The molecule has 0 spiro atoms. The molecular weight excluding hydrogens is 282 g/mol. The first-order valence-corrected chi connectivity index (χ1v) is 8.13. The highest BCUT2D eigenvalue weighted by molar-refractivity contribution is 7.98. The van der Waals surface area contributed by atoms with Crippen LogP contribution in [0.4, 0.5) is 11.6 Å². The smallest absolute Gasteiger partial charge is 0.230 e. The van der Waals surface area contributed by atoms with Crippen molar-refractivity contribution < 1.29 is 4.74 Å². The molecule has 0 amide bonds. The van der Waals surface area contributed by atoms with Crippen molar-refractivity contribution in [1.29, 1.82) is 0 Å². The van der Waals surface area contributed by atoms with Crippen LogP contribution in [-0.4, -0.2) is 29.9 Å². The van der Waals surface area contributed by atoms with Gasteiger partial charge in [0.15, 0.2) is 0 Å². The van der Waals surface area contributed by atoms with Crippen molar-refractivity contribution in [3.8, 4) is 5.75 Å². The number of thioether (sulfide) groups is 1. The van der Waals surface area contributed by atoms with E-state index in [-0.39, 0.29) is 0 Å². The van der Waals surface area contributed by atoms with Crippen LogP contribution in [0.25, 0.3) is 0 Å². The van der Waals surface area contributed by atoms with E-state index >= 15 is 0 Å². The van der Waals surface area contributed by atoms with Crippen LogP contribution in [-0.2, 0) is 0 Å². The van der Waals surface area contributed by atoms with Crippen LogP contribution < -0.4 is 9.64 Å². The van der Waals surface area contributed by atoms with Crippen molar-refractivity contribution >= 4 is 23.4 Å². The second-order valence-corrected chi connectivity index (χ2v) is 5.58. The molecule has 1 aromatic heterocycles. The summed E-state index contributed by atoms with van der Waals surface area (Å²) in [5.74, 6) is 1.61. The number of aryl methyl sites for hydroxylation is 2. The fourth-order valence-corrected chi connectivity index (χ4v) is 2.88. The van der Waals surface area contributed by atoms with Gasteiger partial charge in [0.25, 0.3) is 0 Å².